The first-order valence-electron chi connectivity index (χ1n) is 9.40. The lowest BCUT2D eigenvalue weighted by atomic mass is 10.2. The lowest BCUT2D eigenvalue weighted by Crippen LogP contribution is -2.39. The van der Waals surface area contributed by atoms with Gasteiger partial charge in [-0.3, -0.25) is 19.4 Å². The molecule has 2 amide bonds. The molecule has 1 saturated carbocycles. The molecule has 0 bridgehead atoms. The van der Waals surface area contributed by atoms with Gasteiger partial charge in [-0.05, 0) is 12.8 Å². The van der Waals surface area contributed by atoms with Crippen molar-refractivity contribution in [2.45, 2.75) is 18.8 Å². The standard InChI is InChI=1S/C19H23N9O3/c1-21-15(19(30)28(2)31-3)13(6-20)27-18(29)16-17(25-12-7-22-10-23-8-12)24-9-14(26-16)11-4-5-11/h6-11H,4-5,20H2,1-3H3,(H,24,25)(H,27,29). The molecular weight excluding hydrogens is 402 g/mol. The number of rotatable bonds is 8. The number of hydroxylamine groups is 2. The summed E-state index contributed by atoms with van der Waals surface area (Å²) in [6.45, 7) is 0. The summed E-state index contributed by atoms with van der Waals surface area (Å²) in [7, 11) is 4.15. The average molecular weight is 425 g/mol. The molecule has 1 fully saturated rings. The van der Waals surface area contributed by atoms with Crippen molar-refractivity contribution in [2.75, 3.05) is 26.5 Å². The molecular formula is C19H23N9O3. The van der Waals surface area contributed by atoms with Gasteiger partial charge in [0, 0.05) is 26.2 Å². The van der Waals surface area contributed by atoms with Crippen molar-refractivity contribution in [3.8, 4) is 0 Å². The number of anilines is 2. The quantitative estimate of drug-likeness (QED) is 0.404. The molecule has 2 aromatic rings. The highest BCUT2D eigenvalue weighted by Crippen LogP contribution is 2.39. The number of hydrogen-bond acceptors (Lipinski definition) is 10. The Hall–Kier alpha value is -3.93. The fourth-order valence-corrected chi connectivity index (χ4v) is 2.65. The van der Waals surface area contributed by atoms with E-state index in [1.165, 1.54) is 39.9 Å². The molecule has 0 aliphatic heterocycles. The molecule has 0 aromatic carbocycles. The van der Waals surface area contributed by atoms with E-state index in [4.69, 9.17) is 10.6 Å². The summed E-state index contributed by atoms with van der Waals surface area (Å²) in [6.07, 6.45) is 9.17. The van der Waals surface area contributed by atoms with E-state index in [1.807, 2.05) is 0 Å². The molecule has 0 unspecified atom stereocenters. The van der Waals surface area contributed by atoms with Crippen LogP contribution < -0.4 is 16.4 Å². The van der Waals surface area contributed by atoms with Gasteiger partial charge in [0.1, 0.15) is 12.0 Å². The van der Waals surface area contributed by atoms with E-state index in [9.17, 15) is 9.59 Å². The summed E-state index contributed by atoms with van der Waals surface area (Å²) in [6, 6.07) is 0. The molecule has 0 spiro atoms. The first-order valence-corrected chi connectivity index (χ1v) is 9.40. The molecule has 31 heavy (non-hydrogen) atoms. The number of nitrogens with one attached hydrogen (secondary N) is 2. The van der Waals surface area contributed by atoms with Gasteiger partial charge in [-0.1, -0.05) is 0 Å². The number of nitrogens with two attached hydrogens (primary N) is 1. The maximum Gasteiger partial charge on any atom is 0.297 e. The molecule has 12 nitrogen and oxygen atoms in total. The summed E-state index contributed by atoms with van der Waals surface area (Å²) in [4.78, 5) is 51.1. The maximum atomic E-state index is 13.1. The van der Waals surface area contributed by atoms with Gasteiger partial charge in [0.05, 0.1) is 42.8 Å². The molecule has 0 atom stereocenters. The van der Waals surface area contributed by atoms with Gasteiger partial charge >= 0.3 is 0 Å². The van der Waals surface area contributed by atoms with Crippen LogP contribution in [0.15, 0.2) is 41.8 Å². The third kappa shape index (κ3) is 5.17. The van der Waals surface area contributed by atoms with Gasteiger partial charge < -0.3 is 16.4 Å². The SMILES string of the molecule is CN=C(C(=O)N(C)OC)C(=CN)NC(=O)c1nc(C2CC2)cnc1Nc1cncnc1. The smallest absolute Gasteiger partial charge is 0.297 e. The van der Waals surface area contributed by atoms with Crippen LogP contribution in [-0.2, 0) is 9.63 Å². The van der Waals surface area contributed by atoms with E-state index in [1.54, 1.807) is 6.20 Å². The molecule has 12 heteroatoms. The number of carbonyl (C=O) groups is 2. The van der Waals surface area contributed by atoms with Gasteiger partial charge in [0.15, 0.2) is 11.5 Å². The van der Waals surface area contributed by atoms with E-state index >= 15 is 0 Å². The zero-order chi connectivity index (χ0) is 22.4. The van der Waals surface area contributed by atoms with Gasteiger partial charge in [0.25, 0.3) is 11.8 Å². The van der Waals surface area contributed by atoms with Crippen molar-refractivity contribution in [1.29, 1.82) is 0 Å². The van der Waals surface area contributed by atoms with Crippen molar-refractivity contribution in [3.05, 3.63) is 48.2 Å². The molecule has 1 aliphatic carbocycles. The monoisotopic (exact) mass is 425 g/mol. The number of aromatic nitrogens is 4. The fourth-order valence-electron chi connectivity index (χ4n) is 2.65. The molecule has 1 aliphatic rings. The predicted octanol–water partition coefficient (Wildman–Crippen LogP) is 0.508. The number of amides is 2. The second-order valence-corrected chi connectivity index (χ2v) is 6.61. The average Bonchev–Trinajstić information content (AvgIpc) is 3.64. The van der Waals surface area contributed by atoms with Crippen LogP contribution in [0.5, 0.6) is 0 Å². The normalized spacial score (nSPS) is 14.2. The Bertz CT molecular complexity index is 1020. The van der Waals surface area contributed by atoms with E-state index in [0.717, 1.165) is 29.8 Å². The Kier molecular flexibility index (Phi) is 6.82. The third-order valence-electron chi connectivity index (χ3n) is 4.48. The molecule has 2 aromatic heterocycles. The third-order valence-corrected chi connectivity index (χ3v) is 4.48. The van der Waals surface area contributed by atoms with Crippen LogP contribution in [0.3, 0.4) is 0 Å². The summed E-state index contributed by atoms with van der Waals surface area (Å²) < 4.78 is 0. The van der Waals surface area contributed by atoms with Crippen LogP contribution in [0.4, 0.5) is 11.5 Å². The van der Waals surface area contributed by atoms with Gasteiger partial charge in [0.2, 0.25) is 0 Å². The highest BCUT2D eigenvalue weighted by Gasteiger charge is 2.29. The van der Waals surface area contributed by atoms with Crippen LogP contribution in [0.2, 0.25) is 0 Å². The van der Waals surface area contributed by atoms with Crippen molar-refractivity contribution in [1.82, 2.24) is 30.3 Å². The molecule has 0 radical (unpaired) electrons. The van der Waals surface area contributed by atoms with E-state index in [2.05, 4.69) is 35.6 Å². The Balaban J connectivity index is 1.89. The van der Waals surface area contributed by atoms with Crippen molar-refractivity contribution in [2.24, 2.45) is 10.7 Å². The second-order valence-electron chi connectivity index (χ2n) is 6.61. The zero-order valence-electron chi connectivity index (χ0n) is 17.4. The Labute approximate surface area is 178 Å². The molecule has 3 rings (SSSR count). The molecule has 4 N–H and O–H groups in total. The predicted molar refractivity (Wildman–Crippen MR) is 112 cm³/mol. The van der Waals surface area contributed by atoms with Crippen LogP contribution in [0.25, 0.3) is 0 Å². The zero-order valence-corrected chi connectivity index (χ0v) is 17.4. The highest BCUT2D eigenvalue weighted by atomic mass is 16.7. The van der Waals surface area contributed by atoms with E-state index in [0.29, 0.717) is 5.69 Å². The fraction of sp³-hybridized carbons (Fsp3) is 0.316. The van der Waals surface area contributed by atoms with Gasteiger partial charge in [-0.15, -0.1) is 0 Å². The van der Waals surface area contributed by atoms with Crippen molar-refractivity contribution in [3.63, 3.8) is 0 Å². The number of hydrogen-bond donors (Lipinski definition) is 3. The molecule has 0 saturated heterocycles. The topological polar surface area (TPSA) is 161 Å². The summed E-state index contributed by atoms with van der Waals surface area (Å²) in [5.41, 5.74) is 6.88. The first kappa shape index (κ1) is 21.8. The molecule has 162 valence electrons. The Morgan fingerprint density at radius 3 is 2.58 bits per heavy atom. The van der Waals surface area contributed by atoms with E-state index in [-0.39, 0.29) is 28.8 Å². The summed E-state index contributed by atoms with van der Waals surface area (Å²) in [5.74, 6) is -0.703. The summed E-state index contributed by atoms with van der Waals surface area (Å²) in [5, 5.41) is 6.55. The number of aliphatic imine (C=N–C) groups is 1. The van der Waals surface area contributed by atoms with Crippen molar-refractivity contribution >= 4 is 29.0 Å². The number of nitrogens with zero attached hydrogens (tertiary/aromatic N) is 6. The Morgan fingerprint density at radius 1 is 1.29 bits per heavy atom. The second kappa shape index (κ2) is 9.71. The maximum absolute atomic E-state index is 13.1. The van der Waals surface area contributed by atoms with Gasteiger partial charge in [-0.25, -0.2) is 25.0 Å². The minimum Gasteiger partial charge on any atom is -0.403 e. The van der Waals surface area contributed by atoms with Crippen LogP contribution in [-0.4, -0.2) is 63.7 Å². The lowest BCUT2D eigenvalue weighted by Gasteiger charge is -2.17. The first-order chi connectivity index (χ1) is 15.0. The van der Waals surface area contributed by atoms with Crippen LogP contribution in [0, 0.1) is 0 Å². The summed E-state index contributed by atoms with van der Waals surface area (Å²) >= 11 is 0. The van der Waals surface area contributed by atoms with Crippen LogP contribution >= 0.6 is 0 Å². The van der Waals surface area contributed by atoms with Gasteiger partial charge in [-0.2, -0.15) is 0 Å². The van der Waals surface area contributed by atoms with E-state index < -0.39 is 11.8 Å². The Morgan fingerprint density at radius 2 is 2.00 bits per heavy atom. The largest absolute Gasteiger partial charge is 0.403 e. The number of carbonyl (C=O) groups excluding carboxylic acids is 2. The molecule has 2 heterocycles. The minimum atomic E-state index is -0.611. The minimum absolute atomic E-state index is 0.00835. The lowest BCUT2D eigenvalue weighted by molar-refractivity contribution is -0.160. The van der Waals surface area contributed by atoms with Crippen LogP contribution in [0.1, 0.15) is 34.9 Å². The highest BCUT2D eigenvalue weighted by molar-refractivity contribution is 6.45. The van der Waals surface area contributed by atoms with Crippen molar-refractivity contribution < 1.29 is 14.4 Å².